The number of aliphatic carboxylic acids is 3. The molecule has 0 saturated carbocycles. The largest absolute Gasteiger partial charge is 0.481 e. The molecule has 0 aliphatic heterocycles. The van der Waals surface area contributed by atoms with Crippen molar-refractivity contribution in [1.29, 1.82) is 0 Å². The Hall–Kier alpha value is -6.40. The second-order valence-electron chi connectivity index (χ2n) is 9.59. The summed E-state index contributed by atoms with van der Waals surface area (Å²) in [6.07, 6.45) is -0.413. The van der Waals surface area contributed by atoms with Crippen LogP contribution in [-0.2, 0) is 14.4 Å². The Bertz CT molecular complexity index is 1530. The van der Waals surface area contributed by atoms with Crippen LogP contribution in [-0.4, -0.2) is 137 Å². The van der Waals surface area contributed by atoms with Gasteiger partial charge in [-0.15, -0.1) is 0 Å². The van der Waals surface area contributed by atoms with Gasteiger partial charge in [0, 0.05) is 58.9 Å². The molecular formula is C24H39N19O6. The van der Waals surface area contributed by atoms with Crippen molar-refractivity contribution in [1.82, 2.24) is 44.9 Å². The molecule has 0 saturated heterocycles. The number of hydrogen-bond acceptors (Lipinski definition) is 22. The molecule has 3 aromatic rings. The van der Waals surface area contributed by atoms with Crippen LogP contribution >= 0.6 is 0 Å². The Morgan fingerprint density at radius 2 is 0.633 bits per heavy atom. The van der Waals surface area contributed by atoms with Gasteiger partial charge >= 0.3 is 17.9 Å². The second kappa shape index (κ2) is 20.0. The van der Waals surface area contributed by atoms with Gasteiger partial charge in [-0.2, -0.15) is 44.9 Å². The molecule has 0 fully saturated rings. The Balaban J connectivity index is 1.58. The number of aromatic nitrogens is 9. The van der Waals surface area contributed by atoms with E-state index >= 15 is 0 Å². The molecule has 0 spiro atoms. The van der Waals surface area contributed by atoms with E-state index in [1.807, 2.05) is 0 Å². The Morgan fingerprint density at radius 1 is 0.408 bits per heavy atom. The van der Waals surface area contributed by atoms with Crippen molar-refractivity contribution in [3.05, 3.63) is 0 Å². The van der Waals surface area contributed by atoms with Gasteiger partial charge in [0.2, 0.25) is 53.5 Å². The third kappa shape index (κ3) is 15.2. The second-order valence-corrected chi connectivity index (χ2v) is 9.59. The van der Waals surface area contributed by atoms with Gasteiger partial charge in [0.1, 0.15) is 0 Å². The van der Waals surface area contributed by atoms with Crippen molar-refractivity contribution in [3.8, 4) is 0 Å². The molecule has 25 heteroatoms. The van der Waals surface area contributed by atoms with Crippen LogP contribution in [0.25, 0.3) is 0 Å². The van der Waals surface area contributed by atoms with Crippen LogP contribution < -0.4 is 54.0 Å². The van der Waals surface area contributed by atoms with E-state index in [1.54, 1.807) is 0 Å². The molecule has 0 atom stereocenters. The van der Waals surface area contributed by atoms with E-state index in [2.05, 4.69) is 87.4 Å². The van der Waals surface area contributed by atoms with Crippen LogP contribution in [0, 0.1) is 0 Å². The summed E-state index contributed by atoms with van der Waals surface area (Å²) in [4.78, 5) is 70.3. The molecule has 0 bridgehead atoms. The number of nitrogen functional groups attached to an aromatic ring is 1. The number of anilines is 9. The van der Waals surface area contributed by atoms with Crippen molar-refractivity contribution in [2.24, 2.45) is 5.73 Å². The molecular weight excluding hydrogens is 650 g/mol. The quantitative estimate of drug-likeness (QED) is 0.0423. The lowest BCUT2D eigenvalue weighted by molar-refractivity contribution is -0.137. The van der Waals surface area contributed by atoms with Gasteiger partial charge in [-0.05, 0) is 0 Å². The zero-order valence-electron chi connectivity index (χ0n) is 26.2. The summed E-state index contributed by atoms with van der Waals surface area (Å²) < 4.78 is 0. The molecule has 15 N–H and O–H groups in total. The van der Waals surface area contributed by atoms with Crippen LogP contribution in [0.2, 0.25) is 0 Å². The van der Waals surface area contributed by atoms with Crippen LogP contribution in [0.15, 0.2) is 0 Å². The fourth-order valence-electron chi connectivity index (χ4n) is 3.50. The van der Waals surface area contributed by atoms with E-state index in [4.69, 9.17) is 26.8 Å². The highest BCUT2D eigenvalue weighted by Crippen LogP contribution is 2.12. The van der Waals surface area contributed by atoms with E-state index in [9.17, 15) is 14.4 Å². The van der Waals surface area contributed by atoms with Gasteiger partial charge in [0.25, 0.3) is 0 Å². The number of nitrogens with zero attached hydrogens (tertiary/aromatic N) is 9. The summed E-state index contributed by atoms with van der Waals surface area (Å²) in [7, 11) is 0. The molecule has 266 valence electrons. The summed E-state index contributed by atoms with van der Waals surface area (Å²) in [5, 5.41) is 50.2. The summed E-state index contributed by atoms with van der Waals surface area (Å²) in [5.74, 6) is -1.56. The van der Waals surface area contributed by atoms with Crippen molar-refractivity contribution in [2.75, 3.05) is 107 Å². The SMILES string of the molecule is NCCNc1nc(NCCNc2nc(NCCNc3nc(N)nc(NCCC(=O)O)n3)nc(NCCC(=O)O)n2)nc(NCCC(=O)O)n1. The Labute approximate surface area is 278 Å². The molecule has 0 aliphatic carbocycles. The maximum atomic E-state index is 11.0. The van der Waals surface area contributed by atoms with Gasteiger partial charge < -0.3 is 69.3 Å². The topological polar surface area (TPSA) is 376 Å². The molecule has 0 unspecified atom stereocenters. The first-order valence-electron chi connectivity index (χ1n) is 14.9. The van der Waals surface area contributed by atoms with E-state index < -0.39 is 17.9 Å². The van der Waals surface area contributed by atoms with Crippen LogP contribution in [0.5, 0.6) is 0 Å². The highest BCUT2D eigenvalue weighted by Gasteiger charge is 2.10. The third-order valence-electron chi connectivity index (χ3n) is 5.60. The van der Waals surface area contributed by atoms with E-state index in [-0.39, 0.29) is 99.0 Å². The lowest BCUT2D eigenvalue weighted by Crippen LogP contribution is -2.21. The Kier molecular flexibility index (Phi) is 15.1. The molecule has 25 nitrogen and oxygen atoms in total. The first-order chi connectivity index (χ1) is 23.6. The normalized spacial score (nSPS) is 10.5. The van der Waals surface area contributed by atoms with Crippen LogP contribution in [0.3, 0.4) is 0 Å². The number of carbonyl (C=O) groups is 3. The average Bonchev–Trinajstić information content (AvgIpc) is 3.03. The highest BCUT2D eigenvalue weighted by atomic mass is 16.4. The predicted octanol–water partition coefficient (Wildman–Crippen LogP) is -2.10. The molecule has 0 aliphatic rings. The van der Waals surface area contributed by atoms with Gasteiger partial charge in [0.05, 0.1) is 19.3 Å². The van der Waals surface area contributed by atoms with Crippen molar-refractivity contribution in [2.45, 2.75) is 19.3 Å². The number of hydrogen-bond donors (Lipinski definition) is 13. The standard InChI is InChI=1S/C24H39N19O6/c25-4-8-30-21-38-19(28-6-2-14(46)47)39-22(42-21)33-11-12-34-24-41-20(29-7-3-15(48)49)40-23(43-24)32-10-9-31-18-36-16(26)35-17(37-18)27-5-1-13(44)45/h1-12,25H2,(H,44,45)(H,46,47)(H,48,49)(H4,26,27,31,35,36,37)(H3,28,30,33,38,39,42)(H3,29,32,34,40,41,43). The van der Waals surface area contributed by atoms with E-state index in [0.717, 1.165) is 0 Å². The van der Waals surface area contributed by atoms with Crippen molar-refractivity contribution < 1.29 is 29.7 Å². The first kappa shape index (κ1) is 37.1. The molecule has 0 radical (unpaired) electrons. The summed E-state index contributed by atoms with van der Waals surface area (Å²) in [6, 6.07) is 0. The van der Waals surface area contributed by atoms with Gasteiger partial charge in [-0.3, -0.25) is 14.4 Å². The van der Waals surface area contributed by atoms with Crippen LogP contribution in [0.1, 0.15) is 19.3 Å². The smallest absolute Gasteiger partial charge is 0.305 e. The number of nitrogens with two attached hydrogens (primary N) is 2. The summed E-state index contributed by atoms with van der Waals surface area (Å²) in [6.45, 7) is 2.23. The predicted molar refractivity (Wildman–Crippen MR) is 178 cm³/mol. The number of carboxylic acids is 3. The molecule has 0 aromatic carbocycles. The average molecular weight is 690 g/mol. The molecule has 0 amide bonds. The van der Waals surface area contributed by atoms with Gasteiger partial charge in [-0.25, -0.2) is 0 Å². The lowest BCUT2D eigenvalue weighted by Gasteiger charge is -2.13. The number of rotatable bonds is 25. The number of nitrogens with one attached hydrogen (secondary N) is 8. The monoisotopic (exact) mass is 689 g/mol. The highest BCUT2D eigenvalue weighted by molar-refractivity contribution is 5.68. The summed E-state index contributed by atoms with van der Waals surface area (Å²) in [5.41, 5.74) is 11.3. The van der Waals surface area contributed by atoms with Gasteiger partial charge in [-0.1, -0.05) is 0 Å². The maximum Gasteiger partial charge on any atom is 0.305 e. The molecule has 49 heavy (non-hydrogen) atoms. The van der Waals surface area contributed by atoms with Gasteiger partial charge in [0.15, 0.2) is 0 Å². The van der Waals surface area contributed by atoms with Crippen LogP contribution in [0.4, 0.5) is 53.5 Å². The van der Waals surface area contributed by atoms with Crippen molar-refractivity contribution in [3.63, 3.8) is 0 Å². The molecule has 3 aromatic heterocycles. The first-order valence-corrected chi connectivity index (χ1v) is 14.9. The molecule has 3 rings (SSSR count). The minimum Gasteiger partial charge on any atom is -0.481 e. The van der Waals surface area contributed by atoms with E-state index in [0.29, 0.717) is 32.7 Å². The maximum absolute atomic E-state index is 11.0. The Morgan fingerprint density at radius 3 is 0.878 bits per heavy atom. The van der Waals surface area contributed by atoms with Crippen molar-refractivity contribution >= 4 is 71.4 Å². The zero-order chi connectivity index (χ0) is 35.4. The minimum absolute atomic E-state index is 0.0601. The lowest BCUT2D eigenvalue weighted by atomic mass is 10.4. The van der Waals surface area contributed by atoms with E-state index in [1.165, 1.54) is 0 Å². The molecule has 3 heterocycles. The fourth-order valence-corrected chi connectivity index (χ4v) is 3.50. The fraction of sp³-hybridized carbons (Fsp3) is 0.500. The number of carboxylic acid groups (broad SMARTS) is 3. The summed E-state index contributed by atoms with van der Waals surface area (Å²) >= 11 is 0. The third-order valence-corrected chi connectivity index (χ3v) is 5.60. The zero-order valence-corrected chi connectivity index (χ0v) is 26.2. The minimum atomic E-state index is -0.991.